The van der Waals surface area contributed by atoms with Crippen LogP contribution in [0, 0.1) is 41.4 Å². The van der Waals surface area contributed by atoms with Gasteiger partial charge in [-0.15, -0.1) is 0 Å². The average Bonchev–Trinajstić information content (AvgIpc) is 3.15. The van der Waals surface area contributed by atoms with Crippen LogP contribution in [0.15, 0.2) is 0 Å². The maximum Gasteiger partial charge on any atom is 0.311 e. The van der Waals surface area contributed by atoms with Crippen LogP contribution in [0.3, 0.4) is 0 Å². The molecule has 4 N–H and O–H groups in total. The zero-order valence-electron chi connectivity index (χ0n) is 36.9. The lowest BCUT2D eigenvalue weighted by Gasteiger charge is -2.47. The lowest BCUT2D eigenvalue weighted by Crippen LogP contribution is -2.58. The van der Waals surface area contributed by atoms with Crippen molar-refractivity contribution in [1.29, 1.82) is 0 Å². The van der Waals surface area contributed by atoms with Crippen LogP contribution in [-0.2, 0) is 57.1 Å². The van der Waals surface area contributed by atoms with Crippen molar-refractivity contribution >= 4 is 23.5 Å². The average molecular weight is 833 g/mol. The van der Waals surface area contributed by atoms with Gasteiger partial charge in [-0.1, -0.05) is 34.6 Å². The van der Waals surface area contributed by atoms with E-state index in [1.807, 2.05) is 6.92 Å². The molecule has 3 aliphatic heterocycles. The van der Waals surface area contributed by atoms with Gasteiger partial charge in [-0.05, 0) is 53.9 Å². The first kappa shape index (κ1) is 50.2. The maximum atomic E-state index is 14.6. The summed E-state index contributed by atoms with van der Waals surface area (Å²) in [4.78, 5) is 54.8. The third-order valence-electron chi connectivity index (χ3n) is 13.1. The molecular formula is C42H72O16. The van der Waals surface area contributed by atoms with Crippen molar-refractivity contribution in [2.75, 3.05) is 21.3 Å². The van der Waals surface area contributed by atoms with Gasteiger partial charge < -0.3 is 58.3 Å². The van der Waals surface area contributed by atoms with E-state index in [2.05, 4.69) is 0 Å². The van der Waals surface area contributed by atoms with Crippen LogP contribution in [0.4, 0.5) is 0 Å². The second-order valence-corrected chi connectivity index (χ2v) is 17.9. The molecule has 16 nitrogen and oxygen atoms in total. The molecule has 0 spiro atoms. The largest absolute Gasteiger partial charge is 0.469 e. The van der Waals surface area contributed by atoms with Crippen molar-refractivity contribution < 1.29 is 77.5 Å². The lowest BCUT2D eigenvalue weighted by molar-refractivity contribution is -0.312. The van der Waals surface area contributed by atoms with Gasteiger partial charge in [0.15, 0.2) is 18.4 Å². The van der Waals surface area contributed by atoms with Crippen LogP contribution < -0.4 is 0 Å². The molecule has 3 saturated heterocycles. The van der Waals surface area contributed by atoms with Crippen molar-refractivity contribution in [2.24, 2.45) is 41.4 Å². The number of carbonyl (C=O) groups is 4. The van der Waals surface area contributed by atoms with Gasteiger partial charge in [0.1, 0.15) is 29.7 Å². The SMILES string of the molecule is COC(=O)[C@H]1[C@H](C)[C@@H]([C@H](C)[C@H](O)CC(C)=O)OC(=O)[C@H](C)[C@H](O[C@@H]2C[C@@](C)(OC)[C@H](O)[C@@H](C)O2)[C@H](C)[C@@H](O[C@H]2O[C@H](C)C[C@H](OC)[C@@H]2O)[C@H](C)C[C@@](C)(O)C(=O)[C@@H]1C. The Bertz CT molecular complexity index is 1390. The van der Waals surface area contributed by atoms with E-state index in [9.17, 15) is 39.6 Å². The minimum absolute atomic E-state index is 0.0639. The van der Waals surface area contributed by atoms with Crippen LogP contribution in [0.25, 0.3) is 0 Å². The van der Waals surface area contributed by atoms with Gasteiger partial charge in [0.2, 0.25) is 0 Å². The minimum Gasteiger partial charge on any atom is -0.469 e. The highest BCUT2D eigenvalue weighted by molar-refractivity contribution is 5.92. The molecule has 0 saturated carbocycles. The molecule has 20 atom stereocenters. The number of aliphatic hydroxyl groups excluding tert-OH is 3. The Balaban J connectivity index is 2.27. The van der Waals surface area contributed by atoms with Crippen LogP contribution in [0.5, 0.6) is 0 Å². The van der Waals surface area contributed by atoms with Crippen LogP contribution in [-0.4, -0.2) is 144 Å². The summed E-state index contributed by atoms with van der Waals surface area (Å²) >= 11 is 0. The van der Waals surface area contributed by atoms with Crippen molar-refractivity contribution in [2.45, 2.75) is 181 Å². The highest BCUT2D eigenvalue weighted by atomic mass is 16.7. The first-order valence-electron chi connectivity index (χ1n) is 20.6. The molecule has 0 aromatic rings. The molecule has 3 heterocycles. The van der Waals surface area contributed by atoms with Gasteiger partial charge in [-0.3, -0.25) is 19.2 Å². The van der Waals surface area contributed by atoms with Crippen LogP contribution in [0.2, 0.25) is 0 Å². The Morgan fingerprint density at radius 2 is 1.52 bits per heavy atom. The molecule has 58 heavy (non-hydrogen) atoms. The smallest absolute Gasteiger partial charge is 0.311 e. The summed E-state index contributed by atoms with van der Waals surface area (Å²) in [6, 6.07) is 0. The van der Waals surface area contributed by atoms with Gasteiger partial charge in [0.05, 0.1) is 61.2 Å². The van der Waals surface area contributed by atoms with Crippen molar-refractivity contribution in [3.8, 4) is 0 Å². The topological polar surface area (TPSA) is 223 Å². The monoisotopic (exact) mass is 832 g/mol. The Morgan fingerprint density at radius 1 is 0.897 bits per heavy atom. The number of ether oxygens (including phenoxy) is 8. The molecule has 0 unspecified atom stereocenters. The molecule has 3 rings (SSSR count). The highest BCUT2D eigenvalue weighted by Crippen LogP contribution is 2.41. The van der Waals surface area contributed by atoms with Crippen LogP contribution in [0.1, 0.15) is 102 Å². The number of carbonyl (C=O) groups excluding carboxylic acids is 4. The normalized spacial score (nSPS) is 44.7. The van der Waals surface area contributed by atoms with E-state index in [1.54, 1.807) is 48.5 Å². The van der Waals surface area contributed by atoms with E-state index >= 15 is 0 Å². The molecule has 3 aliphatic rings. The second kappa shape index (κ2) is 20.6. The molecule has 16 heteroatoms. The number of Topliss-reactive ketones (excluding diaryl/α,β-unsaturated/α-hetero) is 2. The Morgan fingerprint density at radius 3 is 2.07 bits per heavy atom. The number of hydrogen-bond acceptors (Lipinski definition) is 16. The molecule has 0 aliphatic carbocycles. The summed E-state index contributed by atoms with van der Waals surface area (Å²) in [6.07, 6.45) is -10.8. The number of rotatable bonds is 11. The summed E-state index contributed by atoms with van der Waals surface area (Å²) in [5.41, 5.74) is -3.14. The highest BCUT2D eigenvalue weighted by Gasteiger charge is 2.52. The van der Waals surface area contributed by atoms with E-state index in [4.69, 9.17) is 37.9 Å². The second-order valence-electron chi connectivity index (χ2n) is 17.9. The fourth-order valence-electron chi connectivity index (χ4n) is 9.42. The summed E-state index contributed by atoms with van der Waals surface area (Å²) in [7, 11) is 4.11. The number of ketones is 2. The quantitative estimate of drug-likeness (QED) is 0.220. The van der Waals surface area contributed by atoms with Crippen molar-refractivity contribution in [3.63, 3.8) is 0 Å². The van der Waals surface area contributed by atoms with E-state index in [0.29, 0.717) is 6.42 Å². The van der Waals surface area contributed by atoms with Gasteiger partial charge in [0, 0.05) is 57.2 Å². The molecule has 0 aromatic heterocycles. The third kappa shape index (κ3) is 11.4. The number of hydrogen-bond donors (Lipinski definition) is 4. The lowest BCUT2D eigenvalue weighted by atomic mass is 9.70. The fraction of sp³-hybridized carbons (Fsp3) is 0.905. The number of esters is 2. The molecule has 0 bridgehead atoms. The van der Waals surface area contributed by atoms with Gasteiger partial charge in [-0.25, -0.2) is 0 Å². The van der Waals surface area contributed by atoms with E-state index in [0.717, 1.165) is 0 Å². The molecule has 3 fully saturated rings. The summed E-state index contributed by atoms with van der Waals surface area (Å²) in [5, 5.41) is 45.6. The van der Waals surface area contributed by atoms with E-state index in [1.165, 1.54) is 42.1 Å². The molecule has 0 amide bonds. The van der Waals surface area contributed by atoms with Crippen molar-refractivity contribution in [1.82, 2.24) is 0 Å². The predicted octanol–water partition coefficient (Wildman–Crippen LogP) is 2.75. The summed E-state index contributed by atoms with van der Waals surface area (Å²) < 4.78 is 48.4. The first-order chi connectivity index (χ1) is 26.8. The minimum atomic E-state index is -2.04. The predicted molar refractivity (Wildman–Crippen MR) is 208 cm³/mol. The van der Waals surface area contributed by atoms with Crippen molar-refractivity contribution in [3.05, 3.63) is 0 Å². The van der Waals surface area contributed by atoms with E-state index in [-0.39, 0.29) is 31.1 Å². The number of cyclic esters (lactones) is 1. The van der Waals surface area contributed by atoms with Gasteiger partial charge >= 0.3 is 11.9 Å². The Kier molecular flexibility index (Phi) is 17.9. The van der Waals surface area contributed by atoms with E-state index < -0.39 is 132 Å². The molecule has 0 aromatic carbocycles. The number of aliphatic hydroxyl groups is 4. The molecule has 336 valence electrons. The molecule has 0 radical (unpaired) electrons. The maximum absolute atomic E-state index is 14.6. The summed E-state index contributed by atoms with van der Waals surface area (Å²) in [5.74, 6) is -9.45. The Hall–Kier alpha value is -2.12. The van der Waals surface area contributed by atoms with Gasteiger partial charge in [0.25, 0.3) is 0 Å². The molecular weight excluding hydrogens is 760 g/mol. The fourth-order valence-corrected chi connectivity index (χ4v) is 9.42. The number of methoxy groups -OCH3 is 3. The van der Waals surface area contributed by atoms with Gasteiger partial charge in [-0.2, -0.15) is 0 Å². The zero-order chi connectivity index (χ0) is 44.2. The Labute approximate surface area is 343 Å². The zero-order valence-corrected chi connectivity index (χ0v) is 36.9. The van der Waals surface area contributed by atoms with Crippen LogP contribution >= 0.6 is 0 Å². The third-order valence-corrected chi connectivity index (χ3v) is 13.1. The standard InChI is InChI=1S/C42H72O16/c1-19-17-41(10,50)36(46)24(6)31(39(49)52-13)23(5)34(22(4)28(44)15-20(2)43)57-38(48)26(8)35(56-30-18-42(11,53-14)37(47)27(9)55-30)25(7)33(19)58-40-32(45)29(51-12)16-21(3)54-40/h19,21-35,37,40,44-45,47,50H,15-18H2,1-14H3/t19-,21-,22-,23+,24-,25-,26-,27-,28-,29+,30-,31+,32+,33+,34-,35-,37-,40-,41-,42-/m1/s1. The summed E-state index contributed by atoms with van der Waals surface area (Å²) in [6.45, 7) is 17.7. The first-order valence-corrected chi connectivity index (χ1v) is 20.6.